The van der Waals surface area contributed by atoms with Crippen LogP contribution in [-0.2, 0) is 0 Å². The Hall–Kier alpha value is -1.98. The molecule has 0 saturated carbocycles. The van der Waals surface area contributed by atoms with E-state index in [0.717, 1.165) is 17.1 Å². The predicted octanol–water partition coefficient (Wildman–Crippen LogP) is 4.77. The van der Waals surface area contributed by atoms with E-state index in [1.165, 1.54) is 5.56 Å². The fraction of sp³-hybridized carbons (Fsp3) is 0.188. The maximum atomic E-state index is 8.91. The monoisotopic (exact) mass is 270 g/mol. The van der Waals surface area contributed by atoms with Crippen LogP contribution in [0.4, 0.5) is 5.69 Å². The predicted molar refractivity (Wildman–Crippen MR) is 79.3 cm³/mol. The second kappa shape index (κ2) is 6.26. The molecule has 1 N–H and O–H groups in total. The third-order valence-electron chi connectivity index (χ3n) is 3.01. The minimum absolute atomic E-state index is 0.214. The first kappa shape index (κ1) is 13.5. The van der Waals surface area contributed by atoms with Gasteiger partial charge in [-0.2, -0.15) is 5.26 Å². The fourth-order valence-electron chi connectivity index (χ4n) is 2.00. The van der Waals surface area contributed by atoms with E-state index in [2.05, 4.69) is 18.3 Å². The smallest absolute Gasteiger partial charge is 0.0992 e. The first-order chi connectivity index (χ1) is 9.22. The Bertz CT molecular complexity index is 584. The standard InChI is InChI=1S/C16H15ClN2/c1-2-16(13-6-8-14(17)9-7-13)19-15-5-3-4-12(10-15)11-18/h3-10,16,19H,2H2,1H3. The molecule has 3 heteroatoms. The van der Waals surface area contributed by atoms with E-state index in [0.29, 0.717) is 5.56 Å². The zero-order chi connectivity index (χ0) is 13.7. The van der Waals surface area contributed by atoms with E-state index in [1.54, 1.807) is 6.07 Å². The van der Waals surface area contributed by atoms with Crippen molar-refractivity contribution >= 4 is 17.3 Å². The van der Waals surface area contributed by atoms with Gasteiger partial charge in [-0.1, -0.05) is 36.7 Å². The van der Waals surface area contributed by atoms with Gasteiger partial charge in [0.25, 0.3) is 0 Å². The Labute approximate surface area is 118 Å². The van der Waals surface area contributed by atoms with Gasteiger partial charge in [0.05, 0.1) is 17.7 Å². The van der Waals surface area contributed by atoms with Crippen LogP contribution < -0.4 is 5.32 Å². The molecule has 2 rings (SSSR count). The zero-order valence-corrected chi connectivity index (χ0v) is 11.5. The minimum Gasteiger partial charge on any atom is -0.378 e. The Balaban J connectivity index is 2.19. The van der Waals surface area contributed by atoms with Crippen LogP contribution in [0.15, 0.2) is 48.5 Å². The van der Waals surface area contributed by atoms with Gasteiger partial charge in [-0.25, -0.2) is 0 Å². The highest BCUT2D eigenvalue weighted by Crippen LogP contribution is 2.24. The van der Waals surface area contributed by atoms with Crippen molar-refractivity contribution in [2.24, 2.45) is 0 Å². The average Bonchev–Trinajstić information content (AvgIpc) is 2.46. The van der Waals surface area contributed by atoms with Crippen LogP contribution in [0.5, 0.6) is 0 Å². The molecule has 19 heavy (non-hydrogen) atoms. The van der Waals surface area contributed by atoms with E-state index >= 15 is 0 Å². The van der Waals surface area contributed by atoms with Crippen LogP contribution in [0, 0.1) is 11.3 Å². The van der Waals surface area contributed by atoms with Crippen molar-refractivity contribution in [3.05, 3.63) is 64.7 Å². The van der Waals surface area contributed by atoms with Gasteiger partial charge in [0.15, 0.2) is 0 Å². The summed E-state index contributed by atoms with van der Waals surface area (Å²) in [6.07, 6.45) is 0.957. The van der Waals surface area contributed by atoms with Crippen LogP contribution in [0.1, 0.15) is 30.5 Å². The van der Waals surface area contributed by atoms with Crippen LogP contribution in [0.3, 0.4) is 0 Å². The highest BCUT2D eigenvalue weighted by molar-refractivity contribution is 6.30. The van der Waals surface area contributed by atoms with Gasteiger partial charge in [0.1, 0.15) is 0 Å². The van der Waals surface area contributed by atoms with Crippen molar-refractivity contribution in [2.45, 2.75) is 19.4 Å². The van der Waals surface area contributed by atoms with Gasteiger partial charge in [0.2, 0.25) is 0 Å². The number of anilines is 1. The van der Waals surface area contributed by atoms with Gasteiger partial charge in [0, 0.05) is 10.7 Å². The first-order valence-corrected chi connectivity index (χ1v) is 6.63. The van der Waals surface area contributed by atoms with E-state index in [-0.39, 0.29) is 6.04 Å². The van der Waals surface area contributed by atoms with Gasteiger partial charge >= 0.3 is 0 Å². The highest BCUT2D eigenvalue weighted by atomic mass is 35.5. The molecular formula is C16H15ClN2. The number of nitrogens with zero attached hydrogens (tertiary/aromatic N) is 1. The van der Waals surface area contributed by atoms with Crippen LogP contribution in [0.2, 0.25) is 5.02 Å². The molecule has 1 unspecified atom stereocenters. The second-order valence-electron chi connectivity index (χ2n) is 4.35. The molecule has 0 radical (unpaired) electrons. The number of benzene rings is 2. The van der Waals surface area contributed by atoms with Crippen molar-refractivity contribution in [3.63, 3.8) is 0 Å². The normalized spacial score (nSPS) is 11.6. The molecule has 0 aliphatic carbocycles. The molecule has 2 aromatic rings. The van der Waals surface area contributed by atoms with Crippen LogP contribution in [0.25, 0.3) is 0 Å². The van der Waals surface area contributed by atoms with Crippen molar-refractivity contribution in [3.8, 4) is 6.07 Å². The summed E-state index contributed by atoms with van der Waals surface area (Å²) in [4.78, 5) is 0. The lowest BCUT2D eigenvalue weighted by molar-refractivity contribution is 0.749. The molecule has 0 spiro atoms. The summed E-state index contributed by atoms with van der Waals surface area (Å²) in [7, 11) is 0. The number of hydrogen-bond acceptors (Lipinski definition) is 2. The molecular weight excluding hydrogens is 256 g/mol. The molecule has 0 fully saturated rings. The second-order valence-corrected chi connectivity index (χ2v) is 4.79. The fourth-order valence-corrected chi connectivity index (χ4v) is 2.12. The summed E-state index contributed by atoms with van der Waals surface area (Å²) in [6, 6.07) is 17.7. The van der Waals surface area contributed by atoms with E-state index in [1.807, 2.05) is 42.5 Å². The van der Waals surface area contributed by atoms with E-state index < -0.39 is 0 Å². The Kier molecular flexibility index (Phi) is 4.43. The molecule has 0 bridgehead atoms. The molecule has 0 aliphatic heterocycles. The summed E-state index contributed by atoms with van der Waals surface area (Å²) in [6.45, 7) is 2.13. The summed E-state index contributed by atoms with van der Waals surface area (Å²) in [5.74, 6) is 0. The molecule has 1 atom stereocenters. The topological polar surface area (TPSA) is 35.8 Å². The lowest BCUT2D eigenvalue weighted by atomic mass is 10.0. The number of halogens is 1. The lowest BCUT2D eigenvalue weighted by Gasteiger charge is -2.19. The zero-order valence-electron chi connectivity index (χ0n) is 10.7. The summed E-state index contributed by atoms with van der Waals surface area (Å²) in [5.41, 5.74) is 2.81. The largest absolute Gasteiger partial charge is 0.378 e. The maximum Gasteiger partial charge on any atom is 0.0992 e. The Morgan fingerprint density at radius 2 is 1.95 bits per heavy atom. The first-order valence-electron chi connectivity index (χ1n) is 6.25. The quantitative estimate of drug-likeness (QED) is 0.868. The average molecular weight is 271 g/mol. The van der Waals surface area contributed by atoms with Gasteiger partial charge in [-0.3, -0.25) is 0 Å². The molecule has 2 aromatic carbocycles. The highest BCUT2D eigenvalue weighted by Gasteiger charge is 2.09. The van der Waals surface area contributed by atoms with Crippen molar-refractivity contribution < 1.29 is 0 Å². The summed E-state index contributed by atoms with van der Waals surface area (Å²) in [5, 5.41) is 13.1. The van der Waals surface area contributed by atoms with Crippen molar-refractivity contribution in [1.82, 2.24) is 0 Å². The third-order valence-corrected chi connectivity index (χ3v) is 3.27. The Morgan fingerprint density at radius 1 is 1.21 bits per heavy atom. The SMILES string of the molecule is CCC(Nc1cccc(C#N)c1)c1ccc(Cl)cc1. The maximum absolute atomic E-state index is 8.91. The number of nitrogens with one attached hydrogen (secondary N) is 1. The molecule has 0 saturated heterocycles. The van der Waals surface area contributed by atoms with Gasteiger partial charge in [-0.05, 0) is 42.3 Å². The van der Waals surface area contributed by atoms with Crippen molar-refractivity contribution in [1.29, 1.82) is 5.26 Å². The lowest BCUT2D eigenvalue weighted by Crippen LogP contribution is -2.09. The molecule has 0 aliphatic rings. The van der Waals surface area contributed by atoms with Gasteiger partial charge < -0.3 is 5.32 Å². The van der Waals surface area contributed by atoms with E-state index in [9.17, 15) is 0 Å². The molecule has 0 heterocycles. The number of nitriles is 1. The van der Waals surface area contributed by atoms with Crippen LogP contribution in [-0.4, -0.2) is 0 Å². The summed E-state index contributed by atoms with van der Waals surface area (Å²) >= 11 is 5.90. The number of hydrogen-bond donors (Lipinski definition) is 1. The van der Waals surface area contributed by atoms with Crippen LogP contribution >= 0.6 is 11.6 Å². The summed E-state index contributed by atoms with van der Waals surface area (Å²) < 4.78 is 0. The van der Waals surface area contributed by atoms with Gasteiger partial charge in [-0.15, -0.1) is 0 Å². The molecule has 0 aromatic heterocycles. The molecule has 96 valence electrons. The molecule has 0 amide bonds. The molecule has 2 nitrogen and oxygen atoms in total. The van der Waals surface area contributed by atoms with E-state index in [4.69, 9.17) is 16.9 Å². The van der Waals surface area contributed by atoms with Crippen molar-refractivity contribution in [2.75, 3.05) is 5.32 Å². The number of rotatable bonds is 4. The third kappa shape index (κ3) is 3.49. The minimum atomic E-state index is 0.214. The Morgan fingerprint density at radius 3 is 2.58 bits per heavy atom.